The molecule has 0 spiro atoms. The lowest BCUT2D eigenvalue weighted by atomic mass is 9.98. The number of aromatic nitrogens is 4. The van der Waals surface area contributed by atoms with Crippen LogP contribution in [0.3, 0.4) is 0 Å². The molecule has 0 saturated heterocycles. The van der Waals surface area contributed by atoms with Gasteiger partial charge in [0.2, 0.25) is 0 Å². The number of hydrogen-bond donors (Lipinski definition) is 0. The maximum atomic E-state index is 5.03. The minimum Gasteiger partial charge on any atom is -0.309 e. The quantitative estimate of drug-likeness (QED) is 0.172. The molecule has 11 aromatic rings. The molecule has 0 saturated carbocycles. The average Bonchev–Trinajstić information content (AvgIpc) is 3.87. The summed E-state index contributed by atoms with van der Waals surface area (Å²) in [7, 11) is 0. The van der Waals surface area contributed by atoms with Gasteiger partial charge in [0.15, 0.2) is 11.6 Å². The van der Waals surface area contributed by atoms with Crippen LogP contribution in [-0.2, 0) is 0 Å². The van der Waals surface area contributed by atoms with Crippen LogP contribution in [0.4, 0.5) is 0 Å². The number of fused-ring (bicyclic) bond motifs is 5. The summed E-state index contributed by atoms with van der Waals surface area (Å²) in [5.74, 6) is 1.50. The highest BCUT2D eigenvalue weighted by atomic mass is 15.4. The summed E-state index contributed by atoms with van der Waals surface area (Å²) in [5, 5.41) is 12.4. The van der Waals surface area contributed by atoms with Crippen LogP contribution in [0.2, 0.25) is 0 Å². The van der Waals surface area contributed by atoms with Gasteiger partial charge >= 0.3 is 0 Å². The summed E-state index contributed by atoms with van der Waals surface area (Å²) < 4.78 is 4.34. The fourth-order valence-electron chi connectivity index (χ4n) is 8.12. The molecule has 0 bridgehead atoms. The molecule has 11 rings (SSSR count). The lowest BCUT2D eigenvalue weighted by Gasteiger charge is -2.11. The van der Waals surface area contributed by atoms with Crippen molar-refractivity contribution < 1.29 is 0 Å². The summed E-state index contributed by atoms with van der Waals surface area (Å²) >= 11 is 0. The van der Waals surface area contributed by atoms with Gasteiger partial charge in [0.1, 0.15) is 0 Å². The second-order valence-electron chi connectivity index (χ2n) is 14.3. The van der Waals surface area contributed by atoms with Crippen LogP contribution in [0, 0.1) is 0 Å². The highest BCUT2D eigenvalue weighted by Crippen LogP contribution is 2.38. The van der Waals surface area contributed by atoms with Gasteiger partial charge in [-0.3, -0.25) is 0 Å². The number of hydrogen-bond acceptors (Lipinski definition) is 2. The van der Waals surface area contributed by atoms with Gasteiger partial charge in [-0.15, -0.1) is 5.10 Å². The third kappa shape index (κ3) is 5.47. The van der Waals surface area contributed by atoms with Crippen LogP contribution in [0.25, 0.3) is 99.8 Å². The first-order chi connectivity index (χ1) is 27.7. The lowest BCUT2D eigenvalue weighted by molar-refractivity contribution is 0.889. The van der Waals surface area contributed by atoms with E-state index in [1.165, 1.54) is 54.6 Å². The van der Waals surface area contributed by atoms with Crippen molar-refractivity contribution in [1.29, 1.82) is 0 Å². The molecule has 0 radical (unpaired) electrons. The molecule has 0 aliphatic rings. The van der Waals surface area contributed by atoms with Crippen molar-refractivity contribution in [1.82, 2.24) is 19.3 Å². The van der Waals surface area contributed by atoms with E-state index in [2.05, 4.69) is 174 Å². The molecule has 0 aliphatic carbocycles. The van der Waals surface area contributed by atoms with Gasteiger partial charge in [-0.2, -0.15) is 0 Å². The van der Waals surface area contributed by atoms with Gasteiger partial charge in [-0.1, -0.05) is 146 Å². The Kier molecular flexibility index (Phi) is 7.46. The van der Waals surface area contributed by atoms with Crippen molar-refractivity contribution >= 4 is 43.4 Å². The summed E-state index contributed by atoms with van der Waals surface area (Å²) in [6, 6.07) is 73.6. The first kappa shape index (κ1) is 31.9. The summed E-state index contributed by atoms with van der Waals surface area (Å²) in [6.07, 6.45) is 0. The second-order valence-corrected chi connectivity index (χ2v) is 14.3. The Morgan fingerprint density at radius 2 is 0.768 bits per heavy atom. The monoisotopic (exact) mass is 714 g/mol. The van der Waals surface area contributed by atoms with Crippen LogP contribution in [-0.4, -0.2) is 19.3 Å². The highest BCUT2D eigenvalue weighted by molar-refractivity contribution is 6.12. The minimum absolute atomic E-state index is 0.695. The number of rotatable bonds is 6. The third-order valence-corrected chi connectivity index (χ3v) is 11.0. The van der Waals surface area contributed by atoms with Crippen molar-refractivity contribution in [3.8, 4) is 56.4 Å². The van der Waals surface area contributed by atoms with E-state index in [1.54, 1.807) is 0 Å². The maximum absolute atomic E-state index is 5.03. The predicted molar refractivity (Wildman–Crippen MR) is 232 cm³/mol. The Morgan fingerprint density at radius 3 is 1.32 bits per heavy atom. The van der Waals surface area contributed by atoms with Crippen LogP contribution in [0.1, 0.15) is 0 Å². The van der Waals surface area contributed by atoms with E-state index in [0.29, 0.717) is 5.82 Å². The molecule has 2 aromatic heterocycles. The molecule has 0 N–H and O–H groups in total. The number of benzene rings is 9. The molecule has 0 atom stereocenters. The average molecular weight is 715 g/mol. The first-order valence-corrected chi connectivity index (χ1v) is 19.0. The molecule has 0 amide bonds. The lowest BCUT2D eigenvalue weighted by Crippen LogP contribution is -2.01. The Balaban J connectivity index is 1.07. The van der Waals surface area contributed by atoms with Crippen LogP contribution in [0.15, 0.2) is 206 Å². The summed E-state index contributed by atoms with van der Waals surface area (Å²) in [5.41, 5.74) is 11.1. The van der Waals surface area contributed by atoms with Crippen molar-refractivity contribution in [2.75, 3.05) is 0 Å². The van der Waals surface area contributed by atoms with E-state index in [-0.39, 0.29) is 0 Å². The summed E-state index contributed by atoms with van der Waals surface area (Å²) in [4.78, 5) is 5.03. The predicted octanol–water partition coefficient (Wildman–Crippen LogP) is 13.3. The van der Waals surface area contributed by atoms with E-state index < -0.39 is 0 Å². The molecular formula is C52H34N4. The summed E-state index contributed by atoms with van der Waals surface area (Å²) in [6.45, 7) is 0. The molecule has 0 unspecified atom stereocenters. The molecule has 9 aromatic carbocycles. The largest absolute Gasteiger partial charge is 0.309 e. The van der Waals surface area contributed by atoms with Crippen LogP contribution >= 0.6 is 0 Å². The maximum Gasteiger partial charge on any atom is 0.182 e. The van der Waals surface area contributed by atoms with E-state index in [4.69, 9.17) is 10.1 Å². The zero-order valence-electron chi connectivity index (χ0n) is 30.4. The van der Waals surface area contributed by atoms with Gasteiger partial charge in [-0.25, -0.2) is 9.67 Å². The van der Waals surface area contributed by atoms with E-state index in [9.17, 15) is 0 Å². The zero-order chi connectivity index (χ0) is 37.0. The molecule has 56 heavy (non-hydrogen) atoms. The Labute approximate surface area is 324 Å². The fraction of sp³-hybridized carbons (Fsp3) is 0. The van der Waals surface area contributed by atoms with Crippen molar-refractivity contribution in [2.24, 2.45) is 0 Å². The zero-order valence-corrected chi connectivity index (χ0v) is 30.4. The Hall–Kier alpha value is -7.56. The van der Waals surface area contributed by atoms with Gasteiger partial charge in [0.25, 0.3) is 0 Å². The standard InChI is InChI=1S/C52H34N4/c1-3-13-37(14-4-1)51-53-52(38-15-5-2-6-16-38)56(54-51)46-27-25-45(26-28-46)55-49-29-23-43(41-21-19-35-11-7-9-17-39(35)31-41)33-47(49)48-34-44(24-30-50(48)55)42-22-20-36-12-8-10-18-40(36)32-42/h1-34H. The molecule has 0 fully saturated rings. The van der Waals surface area contributed by atoms with E-state index in [0.717, 1.165) is 39.4 Å². The molecule has 262 valence electrons. The topological polar surface area (TPSA) is 35.6 Å². The first-order valence-electron chi connectivity index (χ1n) is 19.0. The highest BCUT2D eigenvalue weighted by Gasteiger charge is 2.18. The molecule has 4 nitrogen and oxygen atoms in total. The van der Waals surface area contributed by atoms with Gasteiger partial charge in [0, 0.05) is 27.6 Å². The van der Waals surface area contributed by atoms with Crippen molar-refractivity contribution in [2.45, 2.75) is 0 Å². The molecule has 4 heteroatoms. The fourth-order valence-corrected chi connectivity index (χ4v) is 8.12. The minimum atomic E-state index is 0.695. The SMILES string of the molecule is c1ccc(-c2nc(-c3ccccc3)n(-c3ccc(-n4c5ccc(-c6ccc7ccccc7c6)cc5c5cc(-c6ccc7ccccc7c6)ccc54)cc3)n2)cc1. The Morgan fingerprint density at radius 1 is 0.321 bits per heavy atom. The van der Waals surface area contributed by atoms with Gasteiger partial charge in [-0.05, 0) is 104 Å². The van der Waals surface area contributed by atoms with E-state index in [1.807, 2.05) is 41.1 Å². The normalized spacial score (nSPS) is 11.6. The molecular weight excluding hydrogens is 681 g/mol. The van der Waals surface area contributed by atoms with Crippen LogP contribution < -0.4 is 0 Å². The van der Waals surface area contributed by atoms with Gasteiger partial charge < -0.3 is 4.57 Å². The van der Waals surface area contributed by atoms with Crippen molar-refractivity contribution in [3.63, 3.8) is 0 Å². The second kappa shape index (κ2) is 13.1. The Bertz CT molecular complexity index is 3090. The third-order valence-electron chi connectivity index (χ3n) is 11.0. The molecule has 0 aliphatic heterocycles. The molecule has 2 heterocycles. The van der Waals surface area contributed by atoms with E-state index >= 15 is 0 Å². The van der Waals surface area contributed by atoms with Crippen molar-refractivity contribution in [3.05, 3.63) is 206 Å². The van der Waals surface area contributed by atoms with Gasteiger partial charge in [0.05, 0.1) is 16.7 Å². The number of nitrogens with zero attached hydrogens (tertiary/aromatic N) is 4. The van der Waals surface area contributed by atoms with Crippen LogP contribution in [0.5, 0.6) is 0 Å². The smallest absolute Gasteiger partial charge is 0.182 e.